The van der Waals surface area contributed by atoms with Crippen LogP contribution in [0, 0.1) is 17.8 Å². The Kier molecular flexibility index (Phi) is 2.32. The van der Waals surface area contributed by atoms with Crippen LogP contribution in [-0.4, -0.2) is 17.0 Å². The first kappa shape index (κ1) is 9.53. The van der Waals surface area contributed by atoms with Gasteiger partial charge in [-0.2, -0.15) is 11.8 Å². The Hall–Kier alpha value is 0.310. The van der Waals surface area contributed by atoms with Crippen molar-refractivity contribution in [1.82, 2.24) is 0 Å². The van der Waals surface area contributed by atoms with Crippen molar-refractivity contribution in [2.45, 2.75) is 43.3 Å². The highest BCUT2D eigenvalue weighted by atomic mass is 32.2. The van der Waals surface area contributed by atoms with Gasteiger partial charge in [0.15, 0.2) is 0 Å². The molecule has 4 bridgehead atoms. The molecule has 0 aromatic rings. The van der Waals surface area contributed by atoms with Gasteiger partial charge in [-0.15, -0.1) is 0 Å². The van der Waals surface area contributed by atoms with E-state index in [9.17, 15) is 0 Å². The third-order valence-corrected chi connectivity index (χ3v) is 6.06. The maximum atomic E-state index is 5.64. The maximum absolute atomic E-state index is 5.64. The van der Waals surface area contributed by atoms with Crippen molar-refractivity contribution in [2.24, 2.45) is 23.5 Å². The average Bonchev–Trinajstić information content (AvgIpc) is 2.12. The Labute approximate surface area is 91.2 Å². The van der Waals surface area contributed by atoms with Gasteiger partial charge in [-0.1, -0.05) is 0 Å². The third kappa shape index (κ3) is 1.51. The van der Waals surface area contributed by atoms with Crippen LogP contribution in [0.1, 0.15) is 38.5 Å². The number of hydrogen-bond acceptors (Lipinski definition) is 2. The SMILES string of the molecule is NCCSC12CC3CC(CC(C3)C1)C2. The van der Waals surface area contributed by atoms with Crippen LogP contribution in [-0.2, 0) is 0 Å². The molecular weight excluding hydrogens is 190 g/mol. The van der Waals surface area contributed by atoms with Crippen LogP contribution in [0.2, 0.25) is 0 Å². The first-order valence-corrected chi connectivity index (χ1v) is 7.12. The minimum atomic E-state index is 0.689. The van der Waals surface area contributed by atoms with Gasteiger partial charge >= 0.3 is 0 Å². The number of thioether (sulfide) groups is 1. The van der Waals surface area contributed by atoms with E-state index in [0.717, 1.165) is 24.3 Å². The summed E-state index contributed by atoms with van der Waals surface area (Å²) < 4.78 is 0.689. The topological polar surface area (TPSA) is 26.0 Å². The van der Waals surface area contributed by atoms with Gasteiger partial charge in [-0.05, 0) is 56.3 Å². The van der Waals surface area contributed by atoms with Gasteiger partial charge in [0.2, 0.25) is 0 Å². The first-order valence-electron chi connectivity index (χ1n) is 6.14. The summed E-state index contributed by atoms with van der Waals surface area (Å²) in [7, 11) is 0. The Morgan fingerprint density at radius 1 is 1.00 bits per heavy atom. The van der Waals surface area contributed by atoms with Crippen LogP contribution in [0.15, 0.2) is 0 Å². The lowest BCUT2D eigenvalue weighted by Gasteiger charge is -2.56. The lowest BCUT2D eigenvalue weighted by Crippen LogP contribution is -2.48. The second-order valence-corrected chi connectivity index (χ2v) is 7.30. The van der Waals surface area contributed by atoms with Crippen LogP contribution < -0.4 is 5.73 Å². The standard InChI is InChI=1S/C12H21NS/c13-1-2-14-12-6-9-3-10(7-12)5-11(4-9)8-12/h9-11H,1-8,13H2. The van der Waals surface area contributed by atoms with Gasteiger partial charge in [-0.25, -0.2) is 0 Å². The molecule has 4 aliphatic rings. The van der Waals surface area contributed by atoms with Crippen molar-refractivity contribution in [1.29, 1.82) is 0 Å². The summed E-state index contributed by atoms with van der Waals surface area (Å²) in [6, 6.07) is 0. The summed E-state index contributed by atoms with van der Waals surface area (Å²) in [4.78, 5) is 0. The number of nitrogens with two attached hydrogens (primary N) is 1. The fourth-order valence-corrected chi connectivity index (χ4v) is 6.09. The minimum absolute atomic E-state index is 0.689. The summed E-state index contributed by atoms with van der Waals surface area (Å²) in [5, 5.41) is 0. The smallest absolute Gasteiger partial charge is 0.0168 e. The zero-order valence-corrected chi connectivity index (χ0v) is 9.69. The normalized spacial score (nSPS) is 49.9. The van der Waals surface area contributed by atoms with E-state index in [-0.39, 0.29) is 0 Å². The van der Waals surface area contributed by atoms with E-state index >= 15 is 0 Å². The van der Waals surface area contributed by atoms with Crippen molar-refractivity contribution in [2.75, 3.05) is 12.3 Å². The Balaban J connectivity index is 1.74. The summed E-state index contributed by atoms with van der Waals surface area (Å²) in [5.74, 6) is 4.45. The predicted octanol–water partition coefficient (Wildman–Crippen LogP) is 2.65. The summed E-state index contributed by atoms with van der Waals surface area (Å²) in [6.45, 7) is 0.867. The fraction of sp³-hybridized carbons (Fsp3) is 1.00. The van der Waals surface area contributed by atoms with Crippen molar-refractivity contribution in [3.05, 3.63) is 0 Å². The van der Waals surface area contributed by atoms with Crippen molar-refractivity contribution < 1.29 is 0 Å². The molecule has 4 fully saturated rings. The minimum Gasteiger partial charge on any atom is -0.330 e. The number of hydrogen-bond donors (Lipinski definition) is 1. The molecule has 0 unspecified atom stereocenters. The van der Waals surface area contributed by atoms with E-state index in [4.69, 9.17) is 5.73 Å². The van der Waals surface area contributed by atoms with Crippen molar-refractivity contribution in [3.8, 4) is 0 Å². The molecule has 0 aromatic heterocycles. The van der Waals surface area contributed by atoms with Gasteiger partial charge in [0.25, 0.3) is 0 Å². The maximum Gasteiger partial charge on any atom is 0.0168 e. The van der Waals surface area contributed by atoms with E-state index in [1.54, 1.807) is 19.3 Å². The van der Waals surface area contributed by atoms with Crippen LogP contribution in [0.25, 0.3) is 0 Å². The summed E-state index contributed by atoms with van der Waals surface area (Å²) >= 11 is 2.21. The molecule has 0 saturated heterocycles. The van der Waals surface area contributed by atoms with Crippen LogP contribution in [0.5, 0.6) is 0 Å². The molecule has 0 aromatic carbocycles. The molecule has 4 aliphatic carbocycles. The Morgan fingerprint density at radius 2 is 1.50 bits per heavy atom. The van der Waals surface area contributed by atoms with E-state index in [0.29, 0.717) is 4.75 Å². The van der Waals surface area contributed by atoms with Gasteiger partial charge in [0.05, 0.1) is 0 Å². The molecule has 0 atom stereocenters. The Morgan fingerprint density at radius 3 is 1.93 bits per heavy atom. The molecule has 0 aliphatic heterocycles. The zero-order chi connectivity index (χ0) is 9.60. The fourth-order valence-electron chi connectivity index (χ4n) is 4.48. The molecule has 4 rings (SSSR count). The van der Waals surface area contributed by atoms with Crippen LogP contribution >= 0.6 is 11.8 Å². The second kappa shape index (κ2) is 3.41. The van der Waals surface area contributed by atoms with E-state index < -0.39 is 0 Å². The van der Waals surface area contributed by atoms with Crippen molar-refractivity contribution >= 4 is 11.8 Å². The molecule has 2 N–H and O–H groups in total. The second-order valence-electron chi connectivity index (χ2n) is 5.74. The zero-order valence-electron chi connectivity index (χ0n) is 8.87. The molecule has 4 saturated carbocycles. The van der Waals surface area contributed by atoms with Crippen molar-refractivity contribution in [3.63, 3.8) is 0 Å². The summed E-state index contributed by atoms with van der Waals surface area (Å²) in [5.41, 5.74) is 5.64. The first-order chi connectivity index (χ1) is 6.80. The molecule has 0 heterocycles. The molecule has 2 heteroatoms. The van der Waals surface area contributed by atoms with E-state index in [1.807, 2.05) is 0 Å². The van der Waals surface area contributed by atoms with E-state index in [1.165, 1.54) is 25.0 Å². The van der Waals surface area contributed by atoms with Crippen LogP contribution in [0.4, 0.5) is 0 Å². The largest absolute Gasteiger partial charge is 0.330 e. The molecule has 1 nitrogen and oxygen atoms in total. The molecular formula is C12H21NS. The molecule has 80 valence electrons. The van der Waals surface area contributed by atoms with Gasteiger partial charge in [0.1, 0.15) is 0 Å². The highest BCUT2D eigenvalue weighted by Gasteiger charge is 2.50. The molecule has 14 heavy (non-hydrogen) atoms. The molecule has 0 amide bonds. The predicted molar refractivity (Wildman–Crippen MR) is 62.4 cm³/mol. The molecule has 0 radical (unpaired) electrons. The lowest BCUT2D eigenvalue weighted by atomic mass is 9.56. The van der Waals surface area contributed by atoms with Gasteiger partial charge in [-0.3, -0.25) is 0 Å². The highest BCUT2D eigenvalue weighted by Crippen LogP contribution is 2.60. The third-order valence-electron chi connectivity index (χ3n) is 4.51. The van der Waals surface area contributed by atoms with Gasteiger partial charge in [0, 0.05) is 17.0 Å². The quantitative estimate of drug-likeness (QED) is 0.776. The van der Waals surface area contributed by atoms with Gasteiger partial charge < -0.3 is 5.73 Å². The van der Waals surface area contributed by atoms with E-state index in [2.05, 4.69) is 11.8 Å². The number of rotatable bonds is 3. The summed E-state index contributed by atoms with van der Waals surface area (Å²) in [6.07, 6.45) is 9.23. The molecule has 0 spiro atoms. The Bertz CT molecular complexity index is 191. The monoisotopic (exact) mass is 211 g/mol. The average molecular weight is 211 g/mol. The lowest BCUT2D eigenvalue weighted by molar-refractivity contribution is 0.0384. The highest BCUT2D eigenvalue weighted by molar-refractivity contribution is 8.00. The van der Waals surface area contributed by atoms with Crippen LogP contribution in [0.3, 0.4) is 0 Å².